The first-order chi connectivity index (χ1) is 6.35. The van der Waals surface area contributed by atoms with Crippen molar-refractivity contribution in [3.63, 3.8) is 0 Å². The summed E-state index contributed by atoms with van der Waals surface area (Å²) in [7, 11) is 0. The Morgan fingerprint density at radius 1 is 1.15 bits per heavy atom. The van der Waals surface area contributed by atoms with Crippen molar-refractivity contribution < 1.29 is 0 Å². The van der Waals surface area contributed by atoms with Gasteiger partial charge in [-0.25, -0.2) is 0 Å². The van der Waals surface area contributed by atoms with Gasteiger partial charge in [0.1, 0.15) is 0 Å². The second-order valence-electron chi connectivity index (χ2n) is 3.09. The van der Waals surface area contributed by atoms with Gasteiger partial charge in [0.05, 0.1) is 0 Å². The zero-order valence-corrected chi connectivity index (χ0v) is 8.76. The molecule has 0 heterocycles. The van der Waals surface area contributed by atoms with Crippen LogP contribution in [0.2, 0.25) is 0 Å². The second-order valence-corrected chi connectivity index (χ2v) is 3.09. The van der Waals surface area contributed by atoms with Crippen LogP contribution < -0.4 is 5.32 Å². The van der Waals surface area contributed by atoms with Crippen LogP contribution in [-0.4, -0.2) is 37.6 Å². The van der Waals surface area contributed by atoms with Crippen LogP contribution in [0, 0.1) is 0 Å². The van der Waals surface area contributed by atoms with Crippen LogP contribution >= 0.6 is 0 Å². The van der Waals surface area contributed by atoms with Crippen molar-refractivity contribution in [2.24, 2.45) is 0 Å². The second kappa shape index (κ2) is 9.49. The fourth-order valence-corrected chi connectivity index (χ4v) is 1.16. The maximum absolute atomic E-state index is 3.73. The Kier molecular flexibility index (Phi) is 9.05. The lowest BCUT2D eigenvalue weighted by Gasteiger charge is -2.18. The van der Waals surface area contributed by atoms with Gasteiger partial charge in [0.25, 0.3) is 0 Å². The van der Waals surface area contributed by atoms with E-state index in [1.807, 2.05) is 12.2 Å². The third kappa shape index (κ3) is 7.75. The molecule has 0 fully saturated rings. The first-order valence-electron chi connectivity index (χ1n) is 5.00. The molecule has 0 aromatic heterocycles. The molecular formula is C11H22N2. The van der Waals surface area contributed by atoms with Gasteiger partial charge in [0.2, 0.25) is 0 Å². The fraction of sp³-hybridized carbons (Fsp3) is 0.636. The van der Waals surface area contributed by atoms with Crippen LogP contribution in [0.5, 0.6) is 0 Å². The standard InChI is InChI=1S/C11H22N2/c1-4-7-12-8-11-13(9-5-2)10-6-3/h5-6,12H,2-4,7-11H2,1H3. The highest BCUT2D eigenvalue weighted by molar-refractivity contribution is 4.79. The minimum absolute atomic E-state index is 0.944. The van der Waals surface area contributed by atoms with Gasteiger partial charge >= 0.3 is 0 Å². The maximum Gasteiger partial charge on any atom is 0.0164 e. The Labute approximate surface area is 82.3 Å². The number of nitrogens with one attached hydrogen (secondary N) is 1. The summed E-state index contributed by atoms with van der Waals surface area (Å²) in [5.74, 6) is 0. The minimum atomic E-state index is 0.944. The van der Waals surface area contributed by atoms with Gasteiger partial charge in [0.15, 0.2) is 0 Å². The van der Waals surface area contributed by atoms with E-state index >= 15 is 0 Å². The molecule has 0 unspecified atom stereocenters. The van der Waals surface area contributed by atoms with E-state index in [2.05, 4.69) is 30.3 Å². The summed E-state index contributed by atoms with van der Waals surface area (Å²) >= 11 is 0. The topological polar surface area (TPSA) is 15.3 Å². The molecule has 0 saturated heterocycles. The van der Waals surface area contributed by atoms with Crippen LogP contribution in [-0.2, 0) is 0 Å². The molecule has 2 heteroatoms. The van der Waals surface area contributed by atoms with Crippen LogP contribution in [0.4, 0.5) is 0 Å². The predicted octanol–water partition coefficient (Wildman–Crippen LogP) is 1.66. The molecule has 0 radical (unpaired) electrons. The molecule has 0 spiro atoms. The first kappa shape index (κ1) is 12.4. The molecule has 1 N–H and O–H groups in total. The molecule has 0 bridgehead atoms. The number of rotatable bonds is 9. The Morgan fingerprint density at radius 2 is 1.77 bits per heavy atom. The lowest BCUT2D eigenvalue weighted by molar-refractivity contribution is 0.333. The first-order valence-corrected chi connectivity index (χ1v) is 5.00. The number of hydrogen-bond acceptors (Lipinski definition) is 2. The fourth-order valence-electron chi connectivity index (χ4n) is 1.16. The Hall–Kier alpha value is -0.600. The summed E-state index contributed by atoms with van der Waals surface area (Å²) in [4.78, 5) is 2.31. The lowest BCUT2D eigenvalue weighted by Crippen LogP contribution is -2.32. The third-order valence-corrected chi connectivity index (χ3v) is 1.81. The van der Waals surface area contributed by atoms with E-state index < -0.39 is 0 Å². The molecule has 0 rings (SSSR count). The summed E-state index contributed by atoms with van der Waals surface area (Å²) in [5.41, 5.74) is 0. The number of hydrogen-bond donors (Lipinski definition) is 1. The molecule has 0 saturated carbocycles. The van der Waals surface area contributed by atoms with Crippen molar-refractivity contribution in [3.05, 3.63) is 25.3 Å². The van der Waals surface area contributed by atoms with E-state index in [9.17, 15) is 0 Å². The molecule has 0 aliphatic heterocycles. The van der Waals surface area contributed by atoms with Crippen molar-refractivity contribution in [2.45, 2.75) is 13.3 Å². The summed E-state index contributed by atoms with van der Waals surface area (Å²) in [6.45, 7) is 14.8. The lowest BCUT2D eigenvalue weighted by atomic mass is 10.4. The van der Waals surface area contributed by atoms with Gasteiger partial charge in [0, 0.05) is 26.2 Å². The Morgan fingerprint density at radius 3 is 2.23 bits per heavy atom. The summed E-state index contributed by atoms with van der Waals surface area (Å²) in [5, 5.41) is 3.37. The molecule has 0 aromatic rings. The highest BCUT2D eigenvalue weighted by Crippen LogP contribution is 1.87. The van der Waals surface area contributed by atoms with Crippen LogP contribution in [0.15, 0.2) is 25.3 Å². The van der Waals surface area contributed by atoms with Gasteiger partial charge in [-0.15, -0.1) is 13.2 Å². The molecule has 0 amide bonds. The van der Waals surface area contributed by atoms with Crippen LogP contribution in [0.25, 0.3) is 0 Å². The average molecular weight is 182 g/mol. The molecule has 2 nitrogen and oxygen atoms in total. The summed E-state index contributed by atoms with van der Waals surface area (Å²) < 4.78 is 0. The van der Waals surface area contributed by atoms with Gasteiger partial charge in [-0.1, -0.05) is 19.1 Å². The maximum atomic E-state index is 3.73. The highest BCUT2D eigenvalue weighted by Gasteiger charge is 1.98. The third-order valence-electron chi connectivity index (χ3n) is 1.81. The zero-order chi connectivity index (χ0) is 9.94. The van der Waals surface area contributed by atoms with E-state index in [1.54, 1.807) is 0 Å². The average Bonchev–Trinajstić information content (AvgIpc) is 2.13. The molecule has 13 heavy (non-hydrogen) atoms. The van der Waals surface area contributed by atoms with Crippen LogP contribution in [0.1, 0.15) is 13.3 Å². The monoisotopic (exact) mass is 182 g/mol. The van der Waals surface area contributed by atoms with Crippen molar-refractivity contribution in [2.75, 3.05) is 32.7 Å². The van der Waals surface area contributed by atoms with Gasteiger partial charge < -0.3 is 5.32 Å². The predicted molar refractivity (Wildman–Crippen MR) is 60.0 cm³/mol. The molecule has 0 aliphatic rings. The van der Waals surface area contributed by atoms with E-state index in [0.717, 1.165) is 32.7 Å². The summed E-state index contributed by atoms with van der Waals surface area (Å²) in [6.07, 6.45) is 5.07. The van der Waals surface area contributed by atoms with E-state index in [0.29, 0.717) is 0 Å². The smallest absolute Gasteiger partial charge is 0.0164 e. The van der Waals surface area contributed by atoms with Gasteiger partial charge in [-0.2, -0.15) is 0 Å². The molecule has 0 aromatic carbocycles. The van der Waals surface area contributed by atoms with Crippen molar-refractivity contribution in [1.82, 2.24) is 10.2 Å². The molecule has 0 atom stereocenters. The van der Waals surface area contributed by atoms with Crippen LogP contribution in [0.3, 0.4) is 0 Å². The minimum Gasteiger partial charge on any atom is -0.315 e. The normalized spacial score (nSPS) is 10.3. The molecular weight excluding hydrogens is 160 g/mol. The SMILES string of the molecule is C=CCN(CC=C)CCNCCC. The highest BCUT2D eigenvalue weighted by atomic mass is 15.1. The van der Waals surface area contributed by atoms with Crippen molar-refractivity contribution in [3.8, 4) is 0 Å². The Bertz CT molecular complexity index is 122. The largest absolute Gasteiger partial charge is 0.315 e. The van der Waals surface area contributed by atoms with Gasteiger partial charge in [-0.05, 0) is 13.0 Å². The van der Waals surface area contributed by atoms with Gasteiger partial charge in [-0.3, -0.25) is 4.90 Å². The summed E-state index contributed by atoms with van der Waals surface area (Å²) in [6, 6.07) is 0. The molecule has 0 aliphatic carbocycles. The van der Waals surface area contributed by atoms with E-state index in [1.165, 1.54) is 6.42 Å². The Balaban J connectivity index is 3.43. The van der Waals surface area contributed by atoms with E-state index in [-0.39, 0.29) is 0 Å². The molecule has 76 valence electrons. The van der Waals surface area contributed by atoms with Crippen molar-refractivity contribution >= 4 is 0 Å². The van der Waals surface area contributed by atoms with Crippen molar-refractivity contribution in [1.29, 1.82) is 0 Å². The van der Waals surface area contributed by atoms with E-state index in [4.69, 9.17) is 0 Å². The number of nitrogens with zero attached hydrogens (tertiary/aromatic N) is 1. The zero-order valence-electron chi connectivity index (χ0n) is 8.76. The quantitative estimate of drug-likeness (QED) is 0.431.